The Balaban J connectivity index is 2.59. The fourth-order valence-electron chi connectivity index (χ4n) is 2.04. The summed E-state index contributed by atoms with van der Waals surface area (Å²) in [6.07, 6.45) is 1.10. The first-order chi connectivity index (χ1) is 8.15. The highest BCUT2D eigenvalue weighted by Crippen LogP contribution is 2.37. The summed E-state index contributed by atoms with van der Waals surface area (Å²) in [5, 5.41) is 2.57. The lowest BCUT2D eigenvalue weighted by molar-refractivity contribution is 0.544. The van der Waals surface area contributed by atoms with Gasteiger partial charge in [0.2, 0.25) is 0 Å². The number of hydrogen-bond donors (Lipinski definition) is 0. The molecule has 0 heterocycles. The van der Waals surface area contributed by atoms with Gasteiger partial charge in [-0.15, -0.1) is 11.6 Å². The van der Waals surface area contributed by atoms with E-state index in [0.717, 1.165) is 10.9 Å². The Labute approximate surface area is 116 Å². The smallest absolute Gasteiger partial charge is 0.0616 e. The maximum absolute atomic E-state index is 6.57. The first-order valence-corrected chi connectivity index (χ1v) is 7.19. The van der Waals surface area contributed by atoms with Crippen molar-refractivity contribution in [2.75, 3.05) is 0 Å². The molecule has 0 saturated carbocycles. The van der Waals surface area contributed by atoms with E-state index in [0.29, 0.717) is 5.92 Å². The molecule has 17 heavy (non-hydrogen) atoms. The van der Waals surface area contributed by atoms with Gasteiger partial charge in [0.15, 0.2) is 0 Å². The molecule has 0 aliphatic heterocycles. The van der Waals surface area contributed by atoms with E-state index in [1.54, 1.807) is 0 Å². The van der Waals surface area contributed by atoms with Crippen molar-refractivity contribution in [2.45, 2.75) is 25.6 Å². The van der Waals surface area contributed by atoms with Gasteiger partial charge in [-0.1, -0.05) is 66.5 Å². The van der Waals surface area contributed by atoms with Crippen molar-refractivity contribution < 1.29 is 0 Å². The maximum atomic E-state index is 6.57. The SMILES string of the molecule is CCC(C)C(Cl)c1ccc(Br)c2ccccc12. The molecule has 2 rings (SSSR count). The highest BCUT2D eigenvalue weighted by atomic mass is 79.9. The van der Waals surface area contributed by atoms with Gasteiger partial charge < -0.3 is 0 Å². The molecule has 0 aliphatic carbocycles. The Kier molecular flexibility index (Phi) is 4.11. The summed E-state index contributed by atoms with van der Waals surface area (Å²) in [5.74, 6) is 0.487. The van der Waals surface area contributed by atoms with E-state index in [-0.39, 0.29) is 5.38 Å². The zero-order valence-electron chi connectivity index (χ0n) is 10.1. The van der Waals surface area contributed by atoms with Crippen LogP contribution in [0.5, 0.6) is 0 Å². The quantitative estimate of drug-likeness (QED) is 0.616. The molecule has 0 saturated heterocycles. The summed E-state index contributed by atoms with van der Waals surface area (Å²) in [7, 11) is 0. The molecule has 0 aliphatic rings. The fraction of sp³-hybridized carbons (Fsp3) is 0.333. The van der Waals surface area contributed by atoms with Crippen LogP contribution in [0.25, 0.3) is 10.8 Å². The first-order valence-electron chi connectivity index (χ1n) is 5.96. The third-order valence-corrected chi connectivity index (χ3v) is 4.70. The Bertz CT molecular complexity index is 521. The van der Waals surface area contributed by atoms with E-state index in [1.165, 1.54) is 16.3 Å². The predicted molar refractivity (Wildman–Crippen MR) is 79.7 cm³/mol. The van der Waals surface area contributed by atoms with Crippen molar-refractivity contribution in [3.63, 3.8) is 0 Å². The van der Waals surface area contributed by atoms with E-state index in [2.05, 4.69) is 66.2 Å². The normalized spacial score (nSPS) is 14.8. The third-order valence-electron chi connectivity index (χ3n) is 3.35. The number of halogens is 2. The Morgan fingerprint density at radius 2 is 1.76 bits per heavy atom. The summed E-state index contributed by atoms with van der Waals surface area (Å²) in [5.41, 5.74) is 1.24. The summed E-state index contributed by atoms with van der Waals surface area (Å²) in [6, 6.07) is 12.6. The second-order valence-corrected chi connectivity index (χ2v) is 5.79. The molecule has 90 valence electrons. The van der Waals surface area contributed by atoms with Crippen LogP contribution in [-0.2, 0) is 0 Å². The van der Waals surface area contributed by atoms with Crippen LogP contribution in [0.4, 0.5) is 0 Å². The second kappa shape index (κ2) is 5.41. The molecule has 0 fully saturated rings. The third kappa shape index (κ3) is 2.51. The number of fused-ring (bicyclic) bond motifs is 1. The Morgan fingerprint density at radius 3 is 2.41 bits per heavy atom. The fourth-order valence-corrected chi connectivity index (χ4v) is 2.89. The van der Waals surface area contributed by atoms with Crippen LogP contribution in [0.1, 0.15) is 31.2 Å². The molecule has 0 aromatic heterocycles. The summed E-state index contributed by atoms with van der Waals surface area (Å²) in [4.78, 5) is 0. The van der Waals surface area contributed by atoms with Gasteiger partial charge >= 0.3 is 0 Å². The Morgan fingerprint density at radius 1 is 1.12 bits per heavy atom. The van der Waals surface area contributed by atoms with E-state index in [4.69, 9.17) is 11.6 Å². The largest absolute Gasteiger partial charge is 0.118 e. The standard InChI is InChI=1S/C15H16BrCl/c1-3-10(2)15(17)13-8-9-14(16)12-7-5-4-6-11(12)13/h4-10,15H,3H2,1-2H3. The first kappa shape index (κ1) is 12.9. The van der Waals surface area contributed by atoms with Gasteiger partial charge in [-0.25, -0.2) is 0 Å². The van der Waals surface area contributed by atoms with Gasteiger partial charge in [0, 0.05) is 4.47 Å². The molecule has 2 aromatic carbocycles. The molecule has 2 aromatic rings. The van der Waals surface area contributed by atoms with Gasteiger partial charge in [-0.3, -0.25) is 0 Å². The van der Waals surface area contributed by atoms with Crippen molar-refractivity contribution in [1.29, 1.82) is 0 Å². The molecule has 2 unspecified atom stereocenters. The van der Waals surface area contributed by atoms with E-state index in [9.17, 15) is 0 Å². The van der Waals surface area contributed by atoms with Crippen LogP contribution < -0.4 is 0 Å². The zero-order chi connectivity index (χ0) is 12.4. The van der Waals surface area contributed by atoms with Crippen molar-refractivity contribution in [3.8, 4) is 0 Å². The highest BCUT2D eigenvalue weighted by Gasteiger charge is 2.17. The van der Waals surface area contributed by atoms with Crippen LogP contribution in [0.3, 0.4) is 0 Å². The van der Waals surface area contributed by atoms with E-state index < -0.39 is 0 Å². The van der Waals surface area contributed by atoms with Crippen molar-refractivity contribution >= 4 is 38.3 Å². The maximum Gasteiger partial charge on any atom is 0.0616 e. The molecule has 2 atom stereocenters. The molecule has 0 radical (unpaired) electrons. The van der Waals surface area contributed by atoms with Crippen molar-refractivity contribution in [1.82, 2.24) is 0 Å². The van der Waals surface area contributed by atoms with Gasteiger partial charge in [-0.05, 0) is 28.3 Å². The molecule has 0 N–H and O–H groups in total. The van der Waals surface area contributed by atoms with Crippen LogP contribution in [0.2, 0.25) is 0 Å². The summed E-state index contributed by atoms with van der Waals surface area (Å²) in [6.45, 7) is 4.38. The van der Waals surface area contributed by atoms with Crippen molar-refractivity contribution in [2.24, 2.45) is 5.92 Å². The average Bonchev–Trinajstić information content (AvgIpc) is 2.38. The number of benzene rings is 2. The van der Waals surface area contributed by atoms with E-state index in [1.807, 2.05) is 0 Å². The monoisotopic (exact) mass is 310 g/mol. The minimum Gasteiger partial charge on any atom is -0.118 e. The number of rotatable bonds is 3. The van der Waals surface area contributed by atoms with Crippen LogP contribution in [0, 0.1) is 5.92 Å². The average molecular weight is 312 g/mol. The van der Waals surface area contributed by atoms with Crippen molar-refractivity contribution in [3.05, 3.63) is 46.4 Å². The van der Waals surface area contributed by atoms with Gasteiger partial charge in [0.1, 0.15) is 0 Å². The van der Waals surface area contributed by atoms with Gasteiger partial charge in [0.05, 0.1) is 5.38 Å². The highest BCUT2D eigenvalue weighted by molar-refractivity contribution is 9.10. The van der Waals surface area contributed by atoms with E-state index >= 15 is 0 Å². The predicted octanol–water partition coefficient (Wildman–Crippen LogP) is 5.93. The zero-order valence-corrected chi connectivity index (χ0v) is 12.4. The molecule has 0 amide bonds. The molecular weight excluding hydrogens is 296 g/mol. The summed E-state index contributed by atoms with van der Waals surface area (Å²) >= 11 is 10.2. The van der Waals surface area contributed by atoms with Crippen LogP contribution in [0.15, 0.2) is 40.9 Å². The van der Waals surface area contributed by atoms with Crippen LogP contribution >= 0.6 is 27.5 Å². The minimum atomic E-state index is 0.0815. The lowest BCUT2D eigenvalue weighted by atomic mass is 9.94. The molecule has 0 spiro atoms. The molecule has 2 heteroatoms. The molecular formula is C15H16BrCl. The topological polar surface area (TPSA) is 0 Å². The number of alkyl halides is 1. The lowest BCUT2D eigenvalue weighted by Gasteiger charge is -2.19. The summed E-state index contributed by atoms with van der Waals surface area (Å²) < 4.78 is 1.13. The van der Waals surface area contributed by atoms with Gasteiger partial charge in [0.25, 0.3) is 0 Å². The minimum absolute atomic E-state index is 0.0815. The van der Waals surface area contributed by atoms with Crippen LogP contribution in [-0.4, -0.2) is 0 Å². The molecule has 0 nitrogen and oxygen atoms in total. The second-order valence-electron chi connectivity index (χ2n) is 4.47. The molecule has 0 bridgehead atoms. The number of hydrogen-bond acceptors (Lipinski definition) is 0. The lowest BCUT2D eigenvalue weighted by Crippen LogP contribution is -2.03. The Hall–Kier alpha value is -0.530. The van der Waals surface area contributed by atoms with Gasteiger partial charge in [-0.2, -0.15) is 0 Å².